The number of nitrogens with zero attached hydrogens (tertiary/aromatic N) is 4. The molecule has 2 aromatic rings. The minimum Gasteiger partial charge on any atom is -0.406 e. The first-order chi connectivity index (χ1) is 8.44. The molecule has 0 aliphatic heterocycles. The molecule has 2 rings (SSSR count). The summed E-state index contributed by atoms with van der Waals surface area (Å²) in [6, 6.07) is 5.30. The van der Waals surface area contributed by atoms with E-state index in [1.165, 1.54) is 24.3 Å². The van der Waals surface area contributed by atoms with E-state index in [0.29, 0.717) is 11.4 Å². The fourth-order valence-electron chi connectivity index (χ4n) is 1.23. The van der Waals surface area contributed by atoms with Crippen molar-refractivity contribution in [3.8, 4) is 17.1 Å². The van der Waals surface area contributed by atoms with E-state index in [9.17, 15) is 13.2 Å². The standard InChI is InChI=1S/C10H7F3N4O/c1-6-14-16-9(17-15-6)7-3-2-4-8(5-7)18-10(11,12)13/h2-5H,1H3. The normalized spacial score (nSPS) is 11.3. The number of ether oxygens (including phenoxy) is 1. The Morgan fingerprint density at radius 3 is 2.33 bits per heavy atom. The topological polar surface area (TPSA) is 60.8 Å². The Morgan fingerprint density at radius 1 is 1.06 bits per heavy atom. The molecule has 0 fully saturated rings. The highest BCUT2D eigenvalue weighted by Gasteiger charge is 2.31. The lowest BCUT2D eigenvalue weighted by Gasteiger charge is -2.09. The predicted octanol–water partition coefficient (Wildman–Crippen LogP) is 2.14. The minimum absolute atomic E-state index is 0.133. The number of benzene rings is 1. The first kappa shape index (κ1) is 12.2. The average Bonchev–Trinajstić information content (AvgIpc) is 2.28. The van der Waals surface area contributed by atoms with Crippen LogP contribution in [0.25, 0.3) is 11.4 Å². The Balaban J connectivity index is 2.29. The van der Waals surface area contributed by atoms with Crippen molar-refractivity contribution < 1.29 is 17.9 Å². The summed E-state index contributed by atoms with van der Waals surface area (Å²) in [5, 5.41) is 14.8. The highest BCUT2D eigenvalue weighted by molar-refractivity contribution is 5.56. The summed E-state index contributed by atoms with van der Waals surface area (Å²) in [5.74, 6) is 0.166. The van der Waals surface area contributed by atoms with Crippen LogP contribution in [0.2, 0.25) is 0 Å². The number of halogens is 3. The number of aryl methyl sites for hydroxylation is 1. The summed E-state index contributed by atoms with van der Waals surface area (Å²) >= 11 is 0. The van der Waals surface area contributed by atoms with E-state index in [2.05, 4.69) is 25.1 Å². The average molecular weight is 256 g/mol. The third-order valence-corrected chi connectivity index (χ3v) is 1.90. The van der Waals surface area contributed by atoms with E-state index in [1.54, 1.807) is 6.92 Å². The molecule has 0 saturated heterocycles. The summed E-state index contributed by atoms with van der Waals surface area (Å²) in [5.41, 5.74) is 0.344. The van der Waals surface area contributed by atoms with Crippen LogP contribution in [0.1, 0.15) is 5.82 Å². The van der Waals surface area contributed by atoms with E-state index in [-0.39, 0.29) is 11.6 Å². The molecule has 94 valence electrons. The Kier molecular flexibility index (Phi) is 3.09. The van der Waals surface area contributed by atoms with Crippen molar-refractivity contribution in [3.05, 3.63) is 30.1 Å². The van der Waals surface area contributed by atoms with Gasteiger partial charge >= 0.3 is 6.36 Å². The molecule has 0 saturated carbocycles. The lowest BCUT2D eigenvalue weighted by atomic mass is 10.2. The lowest BCUT2D eigenvalue weighted by Crippen LogP contribution is -2.17. The maximum absolute atomic E-state index is 12.1. The van der Waals surface area contributed by atoms with Crippen LogP contribution in [0.15, 0.2) is 24.3 Å². The summed E-state index contributed by atoms with van der Waals surface area (Å²) < 4.78 is 39.9. The van der Waals surface area contributed by atoms with Crippen molar-refractivity contribution in [1.82, 2.24) is 20.4 Å². The van der Waals surface area contributed by atoms with Crippen LogP contribution >= 0.6 is 0 Å². The van der Waals surface area contributed by atoms with Gasteiger partial charge in [-0.2, -0.15) is 0 Å². The van der Waals surface area contributed by atoms with Gasteiger partial charge in [-0.1, -0.05) is 12.1 Å². The van der Waals surface area contributed by atoms with Crippen LogP contribution < -0.4 is 4.74 Å². The van der Waals surface area contributed by atoms with Crippen LogP contribution in [0, 0.1) is 6.92 Å². The molecular weight excluding hydrogens is 249 g/mol. The SMILES string of the molecule is Cc1nnc(-c2cccc(OC(F)(F)F)c2)nn1. The van der Waals surface area contributed by atoms with Crippen LogP contribution in [-0.4, -0.2) is 26.8 Å². The molecule has 0 atom stereocenters. The number of hydrogen-bond acceptors (Lipinski definition) is 5. The zero-order valence-electron chi connectivity index (χ0n) is 9.14. The molecule has 0 radical (unpaired) electrons. The van der Waals surface area contributed by atoms with Crippen LogP contribution in [-0.2, 0) is 0 Å². The van der Waals surface area contributed by atoms with Crippen LogP contribution in [0.3, 0.4) is 0 Å². The van der Waals surface area contributed by atoms with Gasteiger partial charge in [0.1, 0.15) is 5.75 Å². The number of rotatable bonds is 2. The third kappa shape index (κ3) is 3.12. The van der Waals surface area contributed by atoms with Crippen molar-refractivity contribution in [2.24, 2.45) is 0 Å². The molecule has 18 heavy (non-hydrogen) atoms. The quantitative estimate of drug-likeness (QED) is 0.823. The molecule has 8 heteroatoms. The molecule has 0 spiro atoms. The molecule has 0 unspecified atom stereocenters. The summed E-state index contributed by atoms with van der Waals surface area (Å²) in [7, 11) is 0. The summed E-state index contributed by atoms with van der Waals surface area (Å²) in [6.45, 7) is 1.60. The lowest BCUT2D eigenvalue weighted by molar-refractivity contribution is -0.274. The highest BCUT2D eigenvalue weighted by Crippen LogP contribution is 2.25. The van der Waals surface area contributed by atoms with Gasteiger partial charge in [-0.05, 0) is 19.1 Å². The highest BCUT2D eigenvalue weighted by atomic mass is 19.4. The Bertz CT molecular complexity index is 542. The Labute approximate surface area is 99.6 Å². The van der Waals surface area contributed by atoms with Gasteiger partial charge in [0, 0.05) is 5.56 Å². The van der Waals surface area contributed by atoms with Gasteiger partial charge in [0.05, 0.1) is 0 Å². The molecule has 0 bridgehead atoms. The zero-order chi connectivity index (χ0) is 13.2. The van der Waals surface area contributed by atoms with E-state index < -0.39 is 6.36 Å². The Hall–Kier alpha value is -2.25. The second-order valence-electron chi connectivity index (χ2n) is 3.35. The minimum atomic E-state index is -4.73. The number of alkyl halides is 3. The monoisotopic (exact) mass is 256 g/mol. The molecule has 0 aliphatic carbocycles. The van der Waals surface area contributed by atoms with Crippen molar-refractivity contribution in [2.45, 2.75) is 13.3 Å². The predicted molar refractivity (Wildman–Crippen MR) is 54.5 cm³/mol. The van der Waals surface area contributed by atoms with Crippen molar-refractivity contribution in [3.63, 3.8) is 0 Å². The fourth-order valence-corrected chi connectivity index (χ4v) is 1.23. The van der Waals surface area contributed by atoms with E-state index >= 15 is 0 Å². The molecule has 5 nitrogen and oxygen atoms in total. The van der Waals surface area contributed by atoms with Gasteiger partial charge in [-0.15, -0.1) is 33.6 Å². The van der Waals surface area contributed by atoms with E-state index in [0.717, 1.165) is 0 Å². The fraction of sp³-hybridized carbons (Fsp3) is 0.200. The number of hydrogen-bond donors (Lipinski definition) is 0. The molecule has 0 aliphatic rings. The summed E-state index contributed by atoms with van der Waals surface area (Å²) in [4.78, 5) is 0. The molecule has 1 aromatic heterocycles. The third-order valence-electron chi connectivity index (χ3n) is 1.90. The molecule has 1 heterocycles. The smallest absolute Gasteiger partial charge is 0.406 e. The zero-order valence-corrected chi connectivity index (χ0v) is 9.14. The van der Waals surface area contributed by atoms with Crippen molar-refractivity contribution in [1.29, 1.82) is 0 Å². The van der Waals surface area contributed by atoms with Crippen molar-refractivity contribution >= 4 is 0 Å². The van der Waals surface area contributed by atoms with Gasteiger partial charge in [0.15, 0.2) is 5.82 Å². The van der Waals surface area contributed by atoms with Gasteiger partial charge < -0.3 is 4.74 Å². The van der Waals surface area contributed by atoms with Crippen LogP contribution in [0.5, 0.6) is 5.75 Å². The summed E-state index contributed by atoms with van der Waals surface area (Å²) in [6.07, 6.45) is -4.73. The van der Waals surface area contributed by atoms with E-state index in [1.807, 2.05) is 0 Å². The van der Waals surface area contributed by atoms with Crippen molar-refractivity contribution in [2.75, 3.05) is 0 Å². The Morgan fingerprint density at radius 2 is 1.72 bits per heavy atom. The molecular formula is C10H7F3N4O. The van der Waals surface area contributed by atoms with Gasteiger partial charge in [0.2, 0.25) is 5.82 Å². The number of aromatic nitrogens is 4. The second-order valence-corrected chi connectivity index (χ2v) is 3.35. The van der Waals surface area contributed by atoms with Crippen LogP contribution in [0.4, 0.5) is 13.2 Å². The maximum Gasteiger partial charge on any atom is 0.573 e. The largest absolute Gasteiger partial charge is 0.573 e. The van der Waals surface area contributed by atoms with Gasteiger partial charge in [0.25, 0.3) is 0 Å². The van der Waals surface area contributed by atoms with Gasteiger partial charge in [-0.25, -0.2) is 0 Å². The maximum atomic E-state index is 12.1. The van der Waals surface area contributed by atoms with E-state index in [4.69, 9.17) is 0 Å². The van der Waals surface area contributed by atoms with Gasteiger partial charge in [-0.3, -0.25) is 0 Å². The first-order valence-corrected chi connectivity index (χ1v) is 4.84. The second kappa shape index (κ2) is 4.55. The molecule has 0 amide bonds. The molecule has 0 N–H and O–H groups in total. The molecule has 1 aromatic carbocycles. The first-order valence-electron chi connectivity index (χ1n) is 4.84.